The maximum Gasteiger partial charge on any atom is 0.0944 e. The van der Waals surface area contributed by atoms with Gasteiger partial charge in [0.2, 0.25) is 0 Å². The van der Waals surface area contributed by atoms with Crippen molar-refractivity contribution in [3.63, 3.8) is 0 Å². The summed E-state index contributed by atoms with van der Waals surface area (Å²) in [5.41, 5.74) is 5.76. The van der Waals surface area contributed by atoms with E-state index in [0.29, 0.717) is 6.04 Å². The Bertz CT molecular complexity index is 1160. The van der Waals surface area contributed by atoms with Gasteiger partial charge in [0.05, 0.1) is 17.9 Å². The molecule has 2 aromatic carbocycles. The number of piperazine rings is 1. The molecule has 0 unspecified atom stereocenters. The third-order valence-electron chi connectivity index (χ3n) is 7.77. The molecule has 6 rings (SSSR count). The monoisotopic (exact) mass is 439 g/mol. The zero-order valence-electron chi connectivity index (χ0n) is 19.7. The molecule has 2 aliphatic heterocycles. The standard InChI is InChI=1S/C28H33N5/c1-21-16-27(22-6-4-3-5-7-22)29-28-19-23(8-9-26(21)28)32-14-15-33(20-32)25-17-24(18-25)31-12-10-30(2)11-13-31/h3-9,14-16,19,24-25H,10-13,17-18,20H2,1-2H3. The topological polar surface area (TPSA) is 25.9 Å². The van der Waals surface area contributed by atoms with Crippen LogP contribution in [0.3, 0.4) is 0 Å². The van der Waals surface area contributed by atoms with E-state index in [1.807, 2.05) is 0 Å². The Labute approximate surface area is 196 Å². The number of aromatic nitrogens is 1. The molecule has 2 fully saturated rings. The minimum atomic E-state index is 0.668. The highest BCUT2D eigenvalue weighted by molar-refractivity contribution is 5.88. The predicted octanol–water partition coefficient (Wildman–Crippen LogP) is 4.54. The summed E-state index contributed by atoms with van der Waals surface area (Å²) >= 11 is 0. The van der Waals surface area contributed by atoms with Crippen molar-refractivity contribution in [1.82, 2.24) is 19.7 Å². The average Bonchev–Trinajstić information content (AvgIpc) is 3.29. The van der Waals surface area contributed by atoms with Crippen LogP contribution in [0.2, 0.25) is 0 Å². The second-order valence-corrected chi connectivity index (χ2v) is 9.93. The van der Waals surface area contributed by atoms with Crippen LogP contribution < -0.4 is 4.90 Å². The number of pyridine rings is 1. The van der Waals surface area contributed by atoms with Gasteiger partial charge in [0, 0.05) is 67.3 Å². The van der Waals surface area contributed by atoms with E-state index in [-0.39, 0.29) is 0 Å². The summed E-state index contributed by atoms with van der Waals surface area (Å²) in [6.45, 7) is 7.98. The van der Waals surface area contributed by atoms with E-state index in [4.69, 9.17) is 4.98 Å². The molecule has 1 saturated carbocycles. The first-order chi connectivity index (χ1) is 16.1. The van der Waals surface area contributed by atoms with E-state index in [2.05, 4.69) is 101 Å². The fourth-order valence-corrected chi connectivity index (χ4v) is 5.48. The number of rotatable bonds is 4. The molecular weight excluding hydrogens is 406 g/mol. The quantitative estimate of drug-likeness (QED) is 0.595. The summed E-state index contributed by atoms with van der Waals surface area (Å²) in [5.74, 6) is 0. The van der Waals surface area contributed by atoms with Crippen LogP contribution in [0.4, 0.5) is 5.69 Å². The van der Waals surface area contributed by atoms with Gasteiger partial charge < -0.3 is 14.7 Å². The van der Waals surface area contributed by atoms with Crippen molar-refractivity contribution in [3.8, 4) is 11.3 Å². The number of anilines is 1. The SMILES string of the molecule is Cc1cc(-c2ccccc2)nc2cc(N3C=CN(C4CC(N5CCN(C)CC5)C4)C3)ccc12. The van der Waals surface area contributed by atoms with E-state index < -0.39 is 0 Å². The second kappa shape index (κ2) is 8.47. The van der Waals surface area contributed by atoms with Crippen LogP contribution in [0.25, 0.3) is 22.2 Å². The van der Waals surface area contributed by atoms with Crippen molar-refractivity contribution in [2.75, 3.05) is 44.8 Å². The molecule has 0 bridgehead atoms. The highest BCUT2D eigenvalue weighted by Gasteiger charge is 2.38. The Morgan fingerprint density at radius 3 is 2.42 bits per heavy atom. The summed E-state index contributed by atoms with van der Waals surface area (Å²) in [7, 11) is 2.23. The smallest absolute Gasteiger partial charge is 0.0944 e. The zero-order valence-corrected chi connectivity index (χ0v) is 19.7. The van der Waals surface area contributed by atoms with Crippen molar-refractivity contribution in [2.24, 2.45) is 0 Å². The minimum absolute atomic E-state index is 0.668. The van der Waals surface area contributed by atoms with Gasteiger partial charge in [0.1, 0.15) is 0 Å². The third-order valence-corrected chi connectivity index (χ3v) is 7.77. The van der Waals surface area contributed by atoms with Crippen molar-refractivity contribution in [3.05, 3.63) is 72.6 Å². The Balaban J connectivity index is 1.14. The number of aryl methyl sites for hydroxylation is 1. The fourth-order valence-electron chi connectivity index (χ4n) is 5.48. The lowest BCUT2D eigenvalue weighted by Crippen LogP contribution is -2.57. The molecule has 3 heterocycles. The molecule has 0 N–H and O–H groups in total. The molecule has 0 amide bonds. The van der Waals surface area contributed by atoms with E-state index >= 15 is 0 Å². The van der Waals surface area contributed by atoms with Crippen LogP contribution in [-0.4, -0.2) is 71.7 Å². The molecule has 1 saturated heterocycles. The van der Waals surface area contributed by atoms with Gasteiger partial charge in [-0.2, -0.15) is 0 Å². The van der Waals surface area contributed by atoms with Crippen LogP contribution in [0.5, 0.6) is 0 Å². The number of likely N-dealkylation sites (N-methyl/N-ethyl adjacent to an activating group) is 1. The maximum absolute atomic E-state index is 5.01. The van der Waals surface area contributed by atoms with Crippen molar-refractivity contribution < 1.29 is 0 Å². The first-order valence-electron chi connectivity index (χ1n) is 12.2. The lowest BCUT2D eigenvalue weighted by atomic mass is 9.84. The molecule has 3 aromatic rings. The molecule has 170 valence electrons. The highest BCUT2D eigenvalue weighted by atomic mass is 15.4. The number of benzene rings is 2. The van der Waals surface area contributed by atoms with Gasteiger partial charge in [-0.3, -0.25) is 4.90 Å². The predicted molar refractivity (Wildman–Crippen MR) is 136 cm³/mol. The number of fused-ring (bicyclic) bond motifs is 1. The largest absolute Gasteiger partial charge is 0.355 e. The normalized spacial score (nSPS) is 23.9. The molecule has 1 aliphatic carbocycles. The first kappa shape index (κ1) is 20.7. The van der Waals surface area contributed by atoms with Gasteiger partial charge in [0.15, 0.2) is 0 Å². The summed E-state index contributed by atoms with van der Waals surface area (Å²) in [5, 5.41) is 1.23. The van der Waals surface area contributed by atoms with Crippen LogP contribution in [0.1, 0.15) is 18.4 Å². The maximum atomic E-state index is 5.01. The molecule has 0 atom stereocenters. The van der Waals surface area contributed by atoms with Crippen LogP contribution in [-0.2, 0) is 0 Å². The van der Waals surface area contributed by atoms with E-state index in [9.17, 15) is 0 Å². The minimum Gasteiger partial charge on any atom is -0.355 e. The van der Waals surface area contributed by atoms with Crippen molar-refractivity contribution in [2.45, 2.75) is 31.8 Å². The van der Waals surface area contributed by atoms with Crippen LogP contribution >= 0.6 is 0 Å². The zero-order chi connectivity index (χ0) is 22.4. The Morgan fingerprint density at radius 2 is 1.64 bits per heavy atom. The van der Waals surface area contributed by atoms with Gasteiger partial charge in [-0.1, -0.05) is 36.4 Å². The molecule has 33 heavy (non-hydrogen) atoms. The van der Waals surface area contributed by atoms with Gasteiger partial charge in [-0.25, -0.2) is 4.98 Å². The van der Waals surface area contributed by atoms with Gasteiger partial charge >= 0.3 is 0 Å². The van der Waals surface area contributed by atoms with E-state index in [1.165, 1.54) is 61.2 Å². The summed E-state index contributed by atoms with van der Waals surface area (Å²) in [4.78, 5) is 15.0. The number of hydrogen-bond donors (Lipinski definition) is 0. The molecule has 1 aromatic heterocycles. The van der Waals surface area contributed by atoms with Gasteiger partial charge in [-0.05, 0) is 50.6 Å². The number of nitrogens with zero attached hydrogens (tertiary/aromatic N) is 5. The summed E-state index contributed by atoms with van der Waals surface area (Å²) < 4.78 is 0. The molecule has 0 spiro atoms. The summed E-state index contributed by atoms with van der Waals surface area (Å²) in [6.07, 6.45) is 7.11. The van der Waals surface area contributed by atoms with E-state index in [1.54, 1.807) is 0 Å². The lowest BCUT2D eigenvalue weighted by molar-refractivity contribution is 0.0263. The van der Waals surface area contributed by atoms with Crippen molar-refractivity contribution >= 4 is 16.6 Å². The molecule has 5 nitrogen and oxygen atoms in total. The Kier molecular flexibility index (Phi) is 5.31. The second-order valence-electron chi connectivity index (χ2n) is 9.93. The molecule has 3 aliphatic rings. The van der Waals surface area contributed by atoms with Gasteiger partial charge in [0.25, 0.3) is 0 Å². The highest BCUT2D eigenvalue weighted by Crippen LogP contribution is 2.34. The molecule has 5 heteroatoms. The lowest BCUT2D eigenvalue weighted by Gasteiger charge is -2.48. The van der Waals surface area contributed by atoms with Crippen LogP contribution in [0.15, 0.2) is 67.0 Å². The Morgan fingerprint density at radius 1 is 0.848 bits per heavy atom. The first-order valence-corrected chi connectivity index (χ1v) is 12.2. The fraction of sp³-hybridized carbons (Fsp3) is 0.393. The van der Waals surface area contributed by atoms with Gasteiger partial charge in [-0.15, -0.1) is 0 Å². The van der Waals surface area contributed by atoms with Crippen molar-refractivity contribution in [1.29, 1.82) is 0 Å². The van der Waals surface area contributed by atoms with Crippen LogP contribution in [0, 0.1) is 6.92 Å². The number of hydrogen-bond acceptors (Lipinski definition) is 5. The third kappa shape index (κ3) is 4.00. The molecule has 0 radical (unpaired) electrons. The summed E-state index contributed by atoms with van der Waals surface area (Å²) in [6, 6.07) is 20.8. The Hall–Kier alpha value is -2.89. The van der Waals surface area contributed by atoms with E-state index in [0.717, 1.165) is 23.9 Å². The average molecular weight is 440 g/mol. The molecular formula is C28H33N5.